The minimum atomic E-state index is -1.29. The SMILES string of the molecule is N#C/C(=C\c1csc(-c2ccc(F)cc2)n1)C(=O)O. The van der Waals surface area contributed by atoms with Gasteiger partial charge in [-0.3, -0.25) is 0 Å². The fourth-order valence-electron chi connectivity index (χ4n) is 1.37. The van der Waals surface area contributed by atoms with Gasteiger partial charge >= 0.3 is 5.97 Å². The highest BCUT2D eigenvalue weighted by Crippen LogP contribution is 2.24. The number of hydrogen-bond acceptors (Lipinski definition) is 4. The molecule has 1 N–H and O–H groups in total. The third kappa shape index (κ3) is 3.03. The molecule has 2 rings (SSSR count). The number of halogens is 1. The molecular formula is C13H7FN2O2S. The molecule has 0 amide bonds. The minimum Gasteiger partial charge on any atom is -0.477 e. The van der Waals surface area contributed by atoms with Crippen molar-refractivity contribution in [2.24, 2.45) is 0 Å². The van der Waals surface area contributed by atoms with Crippen LogP contribution >= 0.6 is 11.3 Å². The smallest absolute Gasteiger partial charge is 0.346 e. The first-order chi connectivity index (χ1) is 9.10. The van der Waals surface area contributed by atoms with Gasteiger partial charge in [-0.15, -0.1) is 11.3 Å². The molecule has 0 atom stereocenters. The van der Waals surface area contributed by atoms with Gasteiger partial charge in [0.25, 0.3) is 0 Å². The predicted octanol–water partition coefficient (Wildman–Crippen LogP) is 2.94. The maximum absolute atomic E-state index is 12.8. The number of nitriles is 1. The van der Waals surface area contributed by atoms with Crippen molar-refractivity contribution in [1.29, 1.82) is 5.26 Å². The standard InChI is InChI=1S/C13H7FN2O2S/c14-10-3-1-8(2-4-10)12-16-11(7-19-12)5-9(6-15)13(17)18/h1-5,7H,(H,17,18)/b9-5+. The topological polar surface area (TPSA) is 74.0 Å². The Morgan fingerprint density at radius 3 is 2.68 bits per heavy atom. The minimum absolute atomic E-state index is 0.335. The number of nitrogens with zero attached hydrogens (tertiary/aromatic N) is 2. The Labute approximate surface area is 112 Å². The predicted molar refractivity (Wildman–Crippen MR) is 68.7 cm³/mol. The average Bonchev–Trinajstić information content (AvgIpc) is 2.85. The highest BCUT2D eigenvalue weighted by molar-refractivity contribution is 7.13. The van der Waals surface area contributed by atoms with Crippen molar-refractivity contribution in [2.75, 3.05) is 0 Å². The van der Waals surface area contributed by atoms with Gasteiger partial charge in [-0.2, -0.15) is 5.26 Å². The molecule has 1 aromatic heterocycles. The molecule has 94 valence electrons. The number of carbonyl (C=O) groups is 1. The van der Waals surface area contributed by atoms with Crippen LogP contribution in [0, 0.1) is 17.1 Å². The molecule has 2 aromatic rings. The summed E-state index contributed by atoms with van der Waals surface area (Å²) in [7, 11) is 0. The van der Waals surface area contributed by atoms with Gasteiger partial charge in [-0.1, -0.05) is 0 Å². The first kappa shape index (κ1) is 12.9. The fraction of sp³-hybridized carbons (Fsp3) is 0. The van der Waals surface area contributed by atoms with E-state index in [1.54, 1.807) is 23.6 Å². The molecule has 0 saturated heterocycles. The van der Waals surface area contributed by atoms with Gasteiger partial charge in [-0.25, -0.2) is 14.2 Å². The maximum atomic E-state index is 12.8. The zero-order chi connectivity index (χ0) is 13.8. The van der Waals surface area contributed by atoms with E-state index in [-0.39, 0.29) is 11.4 Å². The summed E-state index contributed by atoms with van der Waals surface area (Å²) in [5, 5.41) is 19.7. The quantitative estimate of drug-likeness (QED) is 0.689. The van der Waals surface area contributed by atoms with Crippen LogP contribution in [0.1, 0.15) is 5.69 Å². The van der Waals surface area contributed by atoms with Crippen LogP contribution in [0.3, 0.4) is 0 Å². The number of hydrogen-bond donors (Lipinski definition) is 1. The molecule has 4 nitrogen and oxygen atoms in total. The largest absolute Gasteiger partial charge is 0.477 e. The number of carboxylic acids is 1. The van der Waals surface area contributed by atoms with E-state index in [2.05, 4.69) is 4.98 Å². The number of benzene rings is 1. The number of aromatic nitrogens is 1. The monoisotopic (exact) mass is 274 g/mol. The summed E-state index contributed by atoms with van der Waals surface area (Å²) in [4.78, 5) is 14.9. The summed E-state index contributed by atoms with van der Waals surface area (Å²) in [5.74, 6) is -1.63. The van der Waals surface area contributed by atoms with Gasteiger partial charge in [0, 0.05) is 10.9 Å². The maximum Gasteiger partial charge on any atom is 0.346 e. The Hall–Kier alpha value is -2.52. The molecule has 0 bridgehead atoms. The zero-order valence-electron chi connectivity index (χ0n) is 9.50. The van der Waals surface area contributed by atoms with E-state index in [0.29, 0.717) is 10.7 Å². The summed E-state index contributed by atoms with van der Waals surface area (Å²) in [6, 6.07) is 7.41. The van der Waals surface area contributed by atoms with Crippen molar-refractivity contribution >= 4 is 23.4 Å². The summed E-state index contributed by atoms with van der Waals surface area (Å²) in [6.07, 6.45) is 1.20. The normalized spacial score (nSPS) is 11.1. The summed E-state index contributed by atoms with van der Waals surface area (Å²) in [6.45, 7) is 0. The highest BCUT2D eigenvalue weighted by atomic mass is 32.1. The molecule has 0 aliphatic rings. The molecule has 0 radical (unpaired) electrons. The molecule has 0 fully saturated rings. The van der Waals surface area contributed by atoms with Gasteiger partial charge in [0.1, 0.15) is 22.5 Å². The fourth-order valence-corrected chi connectivity index (χ4v) is 2.15. The Morgan fingerprint density at radius 2 is 2.11 bits per heavy atom. The van der Waals surface area contributed by atoms with Crippen molar-refractivity contribution in [2.45, 2.75) is 0 Å². The summed E-state index contributed by atoms with van der Waals surface area (Å²) >= 11 is 1.29. The van der Waals surface area contributed by atoms with Crippen LogP contribution < -0.4 is 0 Å². The van der Waals surface area contributed by atoms with Crippen LogP contribution in [0.2, 0.25) is 0 Å². The molecule has 0 saturated carbocycles. The van der Waals surface area contributed by atoms with Gasteiger partial charge < -0.3 is 5.11 Å². The lowest BCUT2D eigenvalue weighted by atomic mass is 10.2. The van der Waals surface area contributed by atoms with Gasteiger partial charge in [-0.05, 0) is 30.3 Å². The molecule has 6 heteroatoms. The number of rotatable bonds is 3. The van der Waals surface area contributed by atoms with E-state index in [0.717, 1.165) is 5.56 Å². The van der Waals surface area contributed by atoms with Crippen LogP contribution in [0.15, 0.2) is 35.2 Å². The molecule has 0 aliphatic heterocycles. The Morgan fingerprint density at radius 1 is 1.42 bits per heavy atom. The lowest BCUT2D eigenvalue weighted by molar-refractivity contribution is -0.132. The molecule has 0 spiro atoms. The average molecular weight is 274 g/mol. The number of thiazole rings is 1. The molecule has 0 unspecified atom stereocenters. The first-order valence-corrected chi connectivity index (χ1v) is 6.04. The first-order valence-electron chi connectivity index (χ1n) is 5.16. The number of carboxylic acid groups (broad SMARTS) is 1. The van der Waals surface area contributed by atoms with Crippen molar-refractivity contribution < 1.29 is 14.3 Å². The van der Waals surface area contributed by atoms with Crippen LogP contribution in [0.25, 0.3) is 16.6 Å². The summed E-state index contributed by atoms with van der Waals surface area (Å²) in [5.41, 5.74) is 0.749. The van der Waals surface area contributed by atoms with E-state index in [9.17, 15) is 9.18 Å². The Bertz CT molecular complexity index is 683. The second-order valence-electron chi connectivity index (χ2n) is 3.56. The van der Waals surface area contributed by atoms with Gasteiger partial charge in [0.2, 0.25) is 0 Å². The second kappa shape index (κ2) is 5.42. The van der Waals surface area contributed by atoms with Crippen LogP contribution in [-0.4, -0.2) is 16.1 Å². The van der Waals surface area contributed by atoms with Crippen molar-refractivity contribution in [3.8, 4) is 16.6 Å². The molecule has 1 aromatic carbocycles. The van der Waals surface area contributed by atoms with E-state index in [1.807, 2.05) is 0 Å². The van der Waals surface area contributed by atoms with Crippen molar-refractivity contribution in [1.82, 2.24) is 4.98 Å². The lowest BCUT2D eigenvalue weighted by Gasteiger charge is -1.94. The van der Waals surface area contributed by atoms with E-state index in [4.69, 9.17) is 10.4 Å². The van der Waals surface area contributed by atoms with E-state index >= 15 is 0 Å². The lowest BCUT2D eigenvalue weighted by Crippen LogP contribution is -1.97. The molecule has 0 aliphatic carbocycles. The molecule has 19 heavy (non-hydrogen) atoms. The van der Waals surface area contributed by atoms with Gasteiger partial charge in [0.05, 0.1) is 5.69 Å². The van der Waals surface area contributed by atoms with E-state index < -0.39 is 5.97 Å². The van der Waals surface area contributed by atoms with Crippen LogP contribution in [0.5, 0.6) is 0 Å². The van der Waals surface area contributed by atoms with Crippen molar-refractivity contribution in [3.63, 3.8) is 0 Å². The van der Waals surface area contributed by atoms with Crippen molar-refractivity contribution in [3.05, 3.63) is 46.7 Å². The third-order valence-electron chi connectivity index (χ3n) is 2.26. The van der Waals surface area contributed by atoms with Gasteiger partial charge in [0.15, 0.2) is 0 Å². The van der Waals surface area contributed by atoms with Crippen LogP contribution in [0.4, 0.5) is 4.39 Å². The molecular weight excluding hydrogens is 267 g/mol. The third-order valence-corrected chi connectivity index (χ3v) is 3.17. The van der Waals surface area contributed by atoms with E-state index in [1.165, 1.54) is 29.5 Å². The Balaban J connectivity index is 2.32. The number of aliphatic carboxylic acids is 1. The summed E-state index contributed by atoms with van der Waals surface area (Å²) < 4.78 is 12.8. The Kier molecular flexibility index (Phi) is 3.68. The molecule has 1 heterocycles. The highest BCUT2D eigenvalue weighted by Gasteiger charge is 2.08. The second-order valence-corrected chi connectivity index (χ2v) is 4.42. The van der Waals surface area contributed by atoms with Crippen LogP contribution in [-0.2, 0) is 4.79 Å². The zero-order valence-corrected chi connectivity index (χ0v) is 10.3.